The van der Waals surface area contributed by atoms with Crippen LogP contribution >= 0.6 is 28.4 Å². The lowest BCUT2D eigenvalue weighted by atomic mass is 10.0. The molecule has 180 valence electrons. The van der Waals surface area contributed by atoms with E-state index < -0.39 is 0 Å². The van der Waals surface area contributed by atoms with Crippen LogP contribution in [0.3, 0.4) is 0 Å². The fourth-order valence-corrected chi connectivity index (χ4v) is 5.11. The van der Waals surface area contributed by atoms with Crippen LogP contribution in [0.4, 0.5) is 0 Å². The van der Waals surface area contributed by atoms with Crippen molar-refractivity contribution >= 4 is 39.3 Å². The van der Waals surface area contributed by atoms with E-state index in [9.17, 15) is 0 Å². The van der Waals surface area contributed by atoms with Crippen molar-refractivity contribution in [1.82, 2.24) is 34.4 Å². The van der Waals surface area contributed by atoms with Gasteiger partial charge < -0.3 is 4.74 Å². The molecule has 1 N–H and O–H groups in total. The molecule has 4 rings (SSSR count). The van der Waals surface area contributed by atoms with Crippen molar-refractivity contribution in [2.24, 2.45) is 7.05 Å². The van der Waals surface area contributed by atoms with Gasteiger partial charge in [0.15, 0.2) is 0 Å². The Balaban J connectivity index is 0.00000158. The van der Waals surface area contributed by atoms with Crippen molar-refractivity contribution in [3.63, 3.8) is 0 Å². The van der Waals surface area contributed by atoms with Gasteiger partial charge in [-0.1, -0.05) is 19.9 Å². The average Bonchev–Trinajstić information content (AvgIpc) is 3.50. The summed E-state index contributed by atoms with van der Waals surface area (Å²) in [5.41, 5.74) is 7.11. The minimum atomic E-state index is 0.497. The van der Waals surface area contributed by atoms with Gasteiger partial charge in [-0.2, -0.15) is 10.2 Å². The summed E-state index contributed by atoms with van der Waals surface area (Å²) in [7, 11) is 4.05. The molecule has 3 aromatic heterocycles. The summed E-state index contributed by atoms with van der Waals surface area (Å²) in [6.07, 6.45) is 8.12. The van der Waals surface area contributed by atoms with Gasteiger partial charge in [0, 0.05) is 42.3 Å². The van der Waals surface area contributed by atoms with Gasteiger partial charge in [-0.05, 0) is 66.6 Å². The third kappa shape index (κ3) is 5.45. The van der Waals surface area contributed by atoms with Crippen LogP contribution in [0.25, 0.3) is 22.0 Å². The summed E-state index contributed by atoms with van der Waals surface area (Å²) in [5, 5.41) is 17.2. The average molecular weight is 591 g/mol. The molecule has 0 spiro atoms. The lowest BCUT2D eigenvalue weighted by molar-refractivity contribution is 0.223. The summed E-state index contributed by atoms with van der Waals surface area (Å²) in [5.74, 6) is 3.39. The van der Waals surface area contributed by atoms with Crippen LogP contribution in [0.1, 0.15) is 36.5 Å². The maximum Gasteiger partial charge on any atom is 0.235 e. The lowest BCUT2D eigenvalue weighted by Gasteiger charge is -2.18. The highest BCUT2D eigenvalue weighted by Crippen LogP contribution is 2.33. The molecule has 34 heavy (non-hydrogen) atoms. The molecule has 1 atom stereocenters. The lowest BCUT2D eigenvalue weighted by Crippen LogP contribution is -2.25. The van der Waals surface area contributed by atoms with E-state index in [2.05, 4.69) is 78.5 Å². The number of halogens is 1. The summed E-state index contributed by atoms with van der Waals surface area (Å²) >= 11 is 2.32. The van der Waals surface area contributed by atoms with E-state index in [1.54, 1.807) is 0 Å². The Morgan fingerprint density at radius 3 is 2.71 bits per heavy atom. The fraction of sp³-hybridized carbons (Fsp3) is 0.375. The van der Waals surface area contributed by atoms with E-state index in [1.807, 2.05) is 50.1 Å². The van der Waals surface area contributed by atoms with E-state index in [1.165, 1.54) is 0 Å². The van der Waals surface area contributed by atoms with Gasteiger partial charge in [-0.3, -0.25) is 14.7 Å². The Morgan fingerprint density at radius 1 is 1.29 bits per heavy atom. The quantitative estimate of drug-likeness (QED) is 0.176. The minimum absolute atomic E-state index is 0.497. The number of aromatic nitrogens is 6. The van der Waals surface area contributed by atoms with Crippen LogP contribution < -0.4 is 4.74 Å². The number of hydrogen-bond donors (Lipinski definition) is 1. The number of H-pyrrole nitrogens is 1. The molecule has 0 aliphatic heterocycles. The number of likely N-dealkylation sites (N-methyl/N-ethyl adjacent to an activating group) is 1. The van der Waals surface area contributed by atoms with Crippen LogP contribution in [0.15, 0.2) is 24.4 Å². The Labute approximate surface area is 215 Å². The Kier molecular flexibility index (Phi) is 9.11. The summed E-state index contributed by atoms with van der Waals surface area (Å²) in [6, 6.07) is 6.33. The number of aromatic amines is 1. The second kappa shape index (κ2) is 11.8. The number of benzene rings is 1. The molecule has 0 radical (unpaired) electrons. The van der Waals surface area contributed by atoms with Gasteiger partial charge >= 0.3 is 0 Å². The number of ether oxygens (including phenoxy) is 1. The van der Waals surface area contributed by atoms with Crippen molar-refractivity contribution in [2.75, 3.05) is 20.2 Å². The summed E-state index contributed by atoms with van der Waals surface area (Å²) < 4.78 is 9.72. The van der Waals surface area contributed by atoms with Crippen molar-refractivity contribution < 1.29 is 4.74 Å². The number of rotatable bonds is 8. The molecule has 0 fully saturated rings. The zero-order chi connectivity index (χ0) is 24.8. The Morgan fingerprint density at radius 2 is 2.06 bits per heavy atom. The van der Waals surface area contributed by atoms with E-state index >= 15 is 0 Å². The zero-order valence-electron chi connectivity index (χ0n) is 20.5. The molecule has 0 saturated carbocycles. The van der Waals surface area contributed by atoms with Crippen LogP contribution in [0, 0.1) is 26.2 Å². The predicted molar refractivity (Wildman–Crippen MR) is 149 cm³/mol. The predicted octanol–water partition coefficient (Wildman–Crippen LogP) is 5.09. The first-order valence-corrected chi connectivity index (χ1v) is 15.2. The third-order valence-electron chi connectivity index (χ3n) is 5.61. The molecular formula is C24H31IN7OP. The van der Waals surface area contributed by atoms with Gasteiger partial charge in [0.05, 0.1) is 23.8 Å². The van der Waals surface area contributed by atoms with Gasteiger partial charge in [-0.25, -0.2) is 4.45 Å². The van der Waals surface area contributed by atoms with Gasteiger partial charge in [0.25, 0.3) is 0 Å². The summed E-state index contributed by atoms with van der Waals surface area (Å²) in [4.78, 5) is 2.22. The first-order chi connectivity index (χ1) is 16.4. The first-order valence-electron chi connectivity index (χ1n) is 11.1. The Bertz CT molecular complexity index is 1300. The maximum absolute atomic E-state index is 5.84. The Hall–Kier alpha value is -2.41. The zero-order valence-corrected chi connectivity index (χ0v) is 23.6. The van der Waals surface area contributed by atoms with Crippen LogP contribution in [-0.2, 0) is 13.6 Å². The molecule has 0 aliphatic carbocycles. The molecular weight excluding hydrogens is 560 g/mol. The number of aryl methyl sites for hydroxylation is 2. The second-order valence-corrected chi connectivity index (χ2v) is 9.75. The maximum atomic E-state index is 5.84. The largest absolute Gasteiger partial charge is 0.475 e. The fourth-order valence-electron chi connectivity index (χ4n) is 3.58. The topological polar surface area (TPSA) is 76.8 Å². The van der Waals surface area contributed by atoms with Crippen molar-refractivity contribution in [2.45, 2.75) is 34.2 Å². The van der Waals surface area contributed by atoms with Crippen molar-refractivity contribution in [1.29, 1.82) is 0 Å². The van der Waals surface area contributed by atoms with E-state index in [4.69, 9.17) is 11.2 Å². The molecule has 4 aromatic rings. The number of nitrogens with one attached hydrogen (secondary N) is 1. The SMILES string of the molecule is C#Cc1nn(PI)c2ccc(-c3cnn(C)c3CN(C)CCOc3n[nH]c(C)c3C)cc12.CC. The summed E-state index contributed by atoms with van der Waals surface area (Å²) in [6.45, 7) is 10.1. The van der Waals surface area contributed by atoms with Gasteiger partial charge in [0.2, 0.25) is 5.88 Å². The van der Waals surface area contributed by atoms with E-state index in [-0.39, 0.29) is 0 Å². The number of terminal acetylenes is 1. The van der Waals surface area contributed by atoms with Crippen molar-refractivity contribution in [3.8, 4) is 29.4 Å². The molecule has 3 heterocycles. The molecule has 0 bridgehead atoms. The number of nitrogens with zero attached hydrogens (tertiary/aromatic N) is 6. The normalized spacial score (nSPS) is 11.3. The van der Waals surface area contributed by atoms with Crippen LogP contribution in [0.2, 0.25) is 0 Å². The number of hydrogen-bond acceptors (Lipinski definition) is 5. The molecule has 0 saturated heterocycles. The highest BCUT2D eigenvalue weighted by atomic mass is 127. The smallest absolute Gasteiger partial charge is 0.235 e. The van der Waals surface area contributed by atoms with E-state index in [0.717, 1.165) is 52.1 Å². The standard InChI is InChI=1S/C22H25IN7OP.C2H6/c1-6-19-17-11-16(7-8-20(17)30(27-19)32-23)18-12-24-29(5)21(18)13-28(4)9-10-31-22-14(2)15(3)25-26-22;1-2/h1,7-8,11-12,32H,9-10,13H2,2-5H3,(H,25,26);1-2H3. The van der Waals surface area contributed by atoms with Gasteiger partial charge in [-0.15, -0.1) is 11.5 Å². The highest BCUT2D eigenvalue weighted by molar-refractivity contribution is 14.2. The van der Waals surface area contributed by atoms with Crippen molar-refractivity contribution in [3.05, 3.63) is 47.0 Å². The molecule has 1 aromatic carbocycles. The number of fused-ring (bicyclic) bond motifs is 1. The van der Waals surface area contributed by atoms with Crippen LogP contribution in [0.5, 0.6) is 5.88 Å². The second-order valence-electron chi connectivity index (χ2n) is 7.71. The van der Waals surface area contributed by atoms with Crippen LogP contribution in [-0.4, -0.2) is 54.6 Å². The monoisotopic (exact) mass is 591 g/mol. The molecule has 0 amide bonds. The van der Waals surface area contributed by atoms with E-state index in [0.29, 0.717) is 24.6 Å². The first kappa shape index (κ1) is 26.2. The highest BCUT2D eigenvalue weighted by Gasteiger charge is 2.16. The van der Waals surface area contributed by atoms with Gasteiger partial charge in [0.1, 0.15) is 12.3 Å². The third-order valence-corrected chi connectivity index (χ3v) is 7.48. The molecule has 0 aliphatic rings. The molecule has 1 unspecified atom stereocenters. The minimum Gasteiger partial charge on any atom is -0.475 e. The molecule has 10 heteroatoms. The molecule has 8 nitrogen and oxygen atoms in total.